The number of likely N-dealkylation sites (N-methyl/N-ethyl adjacent to an activating group) is 1. The zero-order valence-corrected chi connectivity index (χ0v) is 19.7. The largest absolute Gasteiger partial charge is 0.457 e. The van der Waals surface area contributed by atoms with Crippen LogP contribution in [0.25, 0.3) is 11.3 Å². The van der Waals surface area contributed by atoms with E-state index in [9.17, 15) is 9.59 Å². The van der Waals surface area contributed by atoms with Gasteiger partial charge in [0.2, 0.25) is 0 Å². The lowest BCUT2D eigenvalue weighted by molar-refractivity contribution is -0.141. The third-order valence-corrected chi connectivity index (χ3v) is 6.06. The second-order valence-electron chi connectivity index (χ2n) is 8.44. The fourth-order valence-electron chi connectivity index (χ4n) is 4.16. The van der Waals surface area contributed by atoms with Crippen LogP contribution >= 0.6 is 0 Å². The van der Waals surface area contributed by atoms with Crippen LogP contribution in [0.4, 0.5) is 4.79 Å². The number of amides is 2. The molecule has 180 valence electrons. The van der Waals surface area contributed by atoms with Crippen molar-refractivity contribution in [2.24, 2.45) is 0 Å². The summed E-state index contributed by atoms with van der Waals surface area (Å²) in [5.74, 6) is -0.502. The number of nitrogens with zero attached hydrogens (tertiary/aromatic N) is 4. The Morgan fingerprint density at radius 1 is 0.944 bits per heavy atom. The van der Waals surface area contributed by atoms with Gasteiger partial charge >= 0.3 is 12.0 Å². The van der Waals surface area contributed by atoms with Crippen LogP contribution in [0.15, 0.2) is 108 Å². The lowest BCUT2D eigenvalue weighted by Gasteiger charge is -2.34. The molecule has 1 aliphatic rings. The fourth-order valence-corrected chi connectivity index (χ4v) is 4.16. The molecule has 1 unspecified atom stereocenters. The molecule has 36 heavy (non-hydrogen) atoms. The van der Waals surface area contributed by atoms with Gasteiger partial charge in [-0.25, -0.2) is 14.3 Å². The van der Waals surface area contributed by atoms with E-state index in [1.807, 2.05) is 91.0 Å². The molecule has 3 aromatic carbocycles. The number of carbonyl (C=O) groups excluding carboxylic acids is 2. The molecule has 0 saturated heterocycles. The maximum absolute atomic E-state index is 13.5. The summed E-state index contributed by atoms with van der Waals surface area (Å²) in [7, 11) is 1.63. The molecular weight excluding hydrogens is 454 g/mol. The smallest absolute Gasteiger partial charge is 0.338 e. The van der Waals surface area contributed by atoms with Crippen LogP contribution < -0.4 is 5.32 Å². The molecule has 0 aliphatic carbocycles. The van der Waals surface area contributed by atoms with Gasteiger partial charge in [-0.15, -0.1) is 5.10 Å². The summed E-state index contributed by atoms with van der Waals surface area (Å²) in [6.07, 6.45) is 1.80. The van der Waals surface area contributed by atoms with Crippen molar-refractivity contribution in [2.75, 3.05) is 7.05 Å². The van der Waals surface area contributed by atoms with Gasteiger partial charge in [0.05, 0.1) is 30.1 Å². The van der Waals surface area contributed by atoms with E-state index in [-0.39, 0.29) is 19.2 Å². The van der Waals surface area contributed by atoms with Gasteiger partial charge in [0.1, 0.15) is 12.3 Å². The second kappa shape index (κ2) is 10.3. The molecule has 0 spiro atoms. The summed E-state index contributed by atoms with van der Waals surface area (Å²) in [5, 5.41) is 11.5. The molecule has 8 nitrogen and oxygen atoms in total. The van der Waals surface area contributed by atoms with Crippen LogP contribution in [0, 0.1) is 0 Å². The Labute approximate surface area is 208 Å². The topological polar surface area (TPSA) is 89.4 Å². The van der Waals surface area contributed by atoms with E-state index in [2.05, 4.69) is 15.6 Å². The van der Waals surface area contributed by atoms with Crippen molar-refractivity contribution in [1.29, 1.82) is 0 Å². The van der Waals surface area contributed by atoms with Gasteiger partial charge in [-0.2, -0.15) is 0 Å². The van der Waals surface area contributed by atoms with Crippen molar-refractivity contribution in [3.63, 3.8) is 0 Å². The fraction of sp³-hybridized carbons (Fsp3) is 0.143. The normalized spacial score (nSPS) is 15.5. The molecule has 0 saturated carbocycles. The third-order valence-electron chi connectivity index (χ3n) is 6.06. The van der Waals surface area contributed by atoms with E-state index in [1.54, 1.807) is 17.9 Å². The summed E-state index contributed by atoms with van der Waals surface area (Å²) in [6, 6.07) is 27.6. The summed E-state index contributed by atoms with van der Waals surface area (Å²) in [6.45, 7) is 0.292. The van der Waals surface area contributed by atoms with E-state index in [0.29, 0.717) is 17.0 Å². The number of urea groups is 1. The standard InChI is InChI=1S/C28H25N5O3/c1-32-24(18-33-17-23(30-31-33)21-13-7-3-8-14-21)25(27(34)36-19-20-11-5-2-6-12-20)26(29-28(32)35)22-15-9-4-10-16-22/h2-17,26H,18-19H2,1H3,(H,29,35). The number of hydrogen-bond donors (Lipinski definition) is 1. The molecule has 2 heterocycles. The summed E-state index contributed by atoms with van der Waals surface area (Å²) >= 11 is 0. The van der Waals surface area contributed by atoms with E-state index in [4.69, 9.17) is 4.74 Å². The summed E-state index contributed by atoms with van der Waals surface area (Å²) in [5.41, 5.74) is 4.14. The number of rotatable bonds is 7. The van der Waals surface area contributed by atoms with Crippen molar-refractivity contribution in [1.82, 2.24) is 25.2 Å². The quantitative estimate of drug-likeness (QED) is 0.399. The Hall–Kier alpha value is -4.72. The minimum Gasteiger partial charge on any atom is -0.457 e. The number of ether oxygens (including phenoxy) is 1. The zero-order valence-electron chi connectivity index (χ0n) is 19.7. The molecule has 5 rings (SSSR count). The number of esters is 1. The summed E-state index contributed by atoms with van der Waals surface area (Å²) in [4.78, 5) is 27.9. The first kappa shape index (κ1) is 23.0. The highest BCUT2D eigenvalue weighted by Crippen LogP contribution is 2.32. The van der Waals surface area contributed by atoms with Crippen LogP contribution in [0.1, 0.15) is 17.2 Å². The average Bonchev–Trinajstić information content (AvgIpc) is 3.40. The van der Waals surface area contributed by atoms with E-state index in [1.165, 1.54) is 4.90 Å². The van der Waals surface area contributed by atoms with Gasteiger partial charge in [0.25, 0.3) is 0 Å². The minimum atomic E-state index is -0.662. The predicted octanol–water partition coefficient (Wildman–Crippen LogP) is 4.34. The maximum atomic E-state index is 13.5. The zero-order chi connectivity index (χ0) is 24.9. The molecule has 4 aromatic rings. The van der Waals surface area contributed by atoms with Crippen molar-refractivity contribution >= 4 is 12.0 Å². The first-order valence-electron chi connectivity index (χ1n) is 11.6. The number of nitrogens with one attached hydrogen (secondary N) is 1. The number of hydrogen-bond acceptors (Lipinski definition) is 5. The number of carbonyl (C=O) groups is 2. The first-order chi connectivity index (χ1) is 17.6. The third kappa shape index (κ3) is 4.88. The highest BCUT2D eigenvalue weighted by Gasteiger charge is 2.37. The van der Waals surface area contributed by atoms with E-state index in [0.717, 1.165) is 16.7 Å². The Morgan fingerprint density at radius 3 is 2.28 bits per heavy atom. The lowest BCUT2D eigenvalue weighted by atomic mass is 9.94. The van der Waals surface area contributed by atoms with E-state index < -0.39 is 12.0 Å². The van der Waals surface area contributed by atoms with Gasteiger partial charge in [0, 0.05) is 12.6 Å². The maximum Gasteiger partial charge on any atom is 0.338 e. The van der Waals surface area contributed by atoms with Crippen molar-refractivity contribution in [3.8, 4) is 11.3 Å². The minimum absolute atomic E-state index is 0.122. The Bertz CT molecular complexity index is 1380. The Morgan fingerprint density at radius 2 is 1.58 bits per heavy atom. The molecule has 2 amide bonds. The molecule has 0 bridgehead atoms. The van der Waals surface area contributed by atoms with Gasteiger partial charge in [-0.1, -0.05) is 96.2 Å². The van der Waals surface area contributed by atoms with Crippen LogP contribution in [-0.2, 0) is 22.7 Å². The predicted molar refractivity (Wildman–Crippen MR) is 134 cm³/mol. The number of aromatic nitrogens is 3. The van der Waals surface area contributed by atoms with E-state index >= 15 is 0 Å². The Balaban J connectivity index is 1.52. The van der Waals surface area contributed by atoms with Crippen LogP contribution in [-0.4, -0.2) is 38.9 Å². The SMILES string of the molecule is CN1C(=O)NC(c2ccccc2)C(C(=O)OCc2ccccc2)=C1Cn1cc(-c2ccccc2)nn1. The molecule has 8 heteroatoms. The molecular formula is C28H25N5O3. The molecule has 1 aromatic heterocycles. The number of benzene rings is 3. The highest BCUT2D eigenvalue weighted by atomic mass is 16.5. The molecule has 1 aliphatic heterocycles. The number of allylic oxidation sites excluding steroid dienone is 1. The van der Waals surface area contributed by atoms with Crippen LogP contribution in [0.3, 0.4) is 0 Å². The second-order valence-corrected chi connectivity index (χ2v) is 8.44. The average molecular weight is 480 g/mol. The highest BCUT2D eigenvalue weighted by molar-refractivity contribution is 5.95. The van der Waals surface area contributed by atoms with Crippen molar-refractivity contribution in [2.45, 2.75) is 19.2 Å². The monoisotopic (exact) mass is 479 g/mol. The van der Waals surface area contributed by atoms with Crippen molar-refractivity contribution in [3.05, 3.63) is 120 Å². The van der Waals surface area contributed by atoms with Crippen molar-refractivity contribution < 1.29 is 14.3 Å². The van der Waals surface area contributed by atoms with Gasteiger partial charge in [0.15, 0.2) is 0 Å². The van der Waals surface area contributed by atoms with Gasteiger partial charge in [-0.05, 0) is 11.1 Å². The lowest BCUT2D eigenvalue weighted by Crippen LogP contribution is -2.47. The summed E-state index contributed by atoms with van der Waals surface area (Å²) < 4.78 is 7.35. The van der Waals surface area contributed by atoms with Gasteiger partial charge < -0.3 is 10.1 Å². The first-order valence-corrected chi connectivity index (χ1v) is 11.6. The van der Waals surface area contributed by atoms with Crippen LogP contribution in [0.2, 0.25) is 0 Å². The van der Waals surface area contributed by atoms with Gasteiger partial charge in [-0.3, -0.25) is 4.90 Å². The molecule has 1 atom stereocenters. The molecule has 0 fully saturated rings. The molecule has 0 radical (unpaired) electrons. The Kier molecular flexibility index (Phi) is 6.57. The van der Waals surface area contributed by atoms with Crippen LogP contribution in [0.5, 0.6) is 0 Å². The molecule has 1 N–H and O–H groups in total.